The van der Waals surface area contributed by atoms with Crippen LogP contribution in [0.4, 0.5) is 5.69 Å². The SMILES string of the molecule is CCS(=O)(=O)C1CSCCN1c1ccc(C(=N)N)c(Br)c1. The van der Waals surface area contributed by atoms with E-state index in [9.17, 15) is 8.42 Å². The number of benzene rings is 1. The second-order valence-corrected chi connectivity index (χ2v) is 9.20. The Bertz CT molecular complexity index is 649. The number of anilines is 1. The predicted octanol–water partition coefficient (Wildman–Crippen LogP) is 2.05. The van der Waals surface area contributed by atoms with E-state index in [0.717, 1.165) is 11.4 Å². The number of nitrogen functional groups attached to an aromatic ring is 1. The number of hydrogen-bond acceptors (Lipinski definition) is 5. The lowest BCUT2D eigenvalue weighted by molar-refractivity contribution is 0.579. The summed E-state index contributed by atoms with van der Waals surface area (Å²) < 4.78 is 25.3. The van der Waals surface area contributed by atoms with E-state index in [1.54, 1.807) is 24.8 Å². The van der Waals surface area contributed by atoms with E-state index < -0.39 is 15.2 Å². The number of halogens is 1. The van der Waals surface area contributed by atoms with Crippen LogP contribution in [0.3, 0.4) is 0 Å². The van der Waals surface area contributed by atoms with Gasteiger partial charge in [-0.05, 0) is 34.1 Å². The van der Waals surface area contributed by atoms with Crippen LogP contribution in [0.2, 0.25) is 0 Å². The topological polar surface area (TPSA) is 87.2 Å². The fraction of sp³-hybridized carbons (Fsp3) is 0.462. The Balaban J connectivity index is 2.38. The molecule has 1 fully saturated rings. The Hall–Kier alpha value is -0.730. The Morgan fingerprint density at radius 3 is 2.86 bits per heavy atom. The highest BCUT2D eigenvalue weighted by molar-refractivity contribution is 9.10. The van der Waals surface area contributed by atoms with Gasteiger partial charge in [-0.25, -0.2) is 8.42 Å². The molecule has 3 N–H and O–H groups in total. The Labute approximate surface area is 137 Å². The van der Waals surface area contributed by atoms with Crippen LogP contribution in [0.1, 0.15) is 12.5 Å². The molecule has 1 atom stereocenters. The zero-order chi connectivity index (χ0) is 15.6. The highest BCUT2D eigenvalue weighted by Gasteiger charge is 2.33. The molecule has 1 heterocycles. The second-order valence-electron chi connectivity index (χ2n) is 4.75. The van der Waals surface area contributed by atoms with Gasteiger partial charge in [-0.2, -0.15) is 11.8 Å². The van der Waals surface area contributed by atoms with Crippen molar-refractivity contribution >= 4 is 49.1 Å². The average molecular weight is 392 g/mol. The maximum atomic E-state index is 12.3. The summed E-state index contributed by atoms with van der Waals surface area (Å²) in [4.78, 5) is 1.93. The summed E-state index contributed by atoms with van der Waals surface area (Å²) in [6.07, 6.45) is 0. The van der Waals surface area contributed by atoms with Gasteiger partial charge in [0.25, 0.3) is 0 Å². The maximum absolute atomic E-state index is 12.3. The van der Waals surface area contributed by atoms with Gasteiger partial charge < -0.3 is 10.6 Å². The van der Waals surface area contributed by atoms with Crippen molar-refractivity contribution in [2.24, 2.45) is 5.73 Å². The van der Waals surface area contributed by atoms with E-state index in [1.807, 2.05) is 17.0 Å². The van der Waals surface area contributed by atoms with Crippen LogP contribution in [-0.2, 0) is 9.84 Å². The zero-order valence-corrected chi connectivity index (χ0v) is 14.9. The van der Waals surface area contributed by atoms with Gasteiger partial charge in [-0.15, -0.1) is 0 Å². The molecule has 0 aliphatic carbocycles. The van der Waals surface area contributed by atoms with Gasteiger partial charge in [-0.1, -0.05) is 6.92 Å². The lowest BCUT2D eigenvalue weighted by Crippen LogP contribution is -2.48. The molecule has 1 unspecified atom stereocenters. The molecule has 1 saturated heterocycles. The van der Waals surface area contributed by atoms with Crippen molar-refractivity contribution in [2.75, 3.05) is 28.7 Å². The van der Waals surface area contributed by atoms with Crippen LogP contribution in [-0.4, -0.2) is 43.4 Å². The van der Waals surface area contributed by atoms with Crippen molar-refractivity contribution in [1.29, 1.82) is 5.41 Å². The lowest BCUT2D eigenvalue weighted by Gasteiger charge is -2.36. The highest BCUT2D eigenvalue weighted by atomic mass is 79.9. The maximum Gasteiger partial charge on any atom is 0.171 e. The summed E-state index contributed by atoms with van der Waals surface area (Å²) >= 11 is 5.07. The number of amidine groups is 1. The van der Waals surface area contributed by atoms with Crippen molar-refractivity contribution < 1.29 is 8.42 Å². The highest BCUT2D eigenvalue weighted by Crippen LogP contribution is 2.30. The zero-order valence-electron chi connectivity index (χ0n) is 11.7. The quantitative estimate of drug-likeness (QED) is 0.605. The first-order valence-corrected chi connectivity index (χ1v) is 10.2. The molecule has 21 heavy (non-hydrogen) atoms. The van der Waals surface area contributed by atoms with Crippen molar-refractivity contribution in [1.82, 2.24) is 0 Å². The van der Waals surface area contributed by atoms with Crippen molar-refractivity contribution in [3.05, 3.63) is 28.2 Å². The molecule has 1 aromatic rings. The molecule has 1 aromatic carbocycles. The van der Waals surface area contributed by atoms with Gasteiger partial charge in [-0.3, -0.25) is 5.41 Å². The third-order valence-corrected chi connectivity index (χ3v) is 7.42. The standard InChI is InChI=1S/C13H18BrN3O2S2/c1-2-21(18,19)12-8-20-6-5-17(12)9-3-4-10(13(15)16)11(14)7-9/h3-4,7,12H,2,5-6,8H2,1H3,(H3,15,16). The van der Waals surface area contributed by atoms with Crippen LogP contribution in [0.5, 0.6) is 0 Å². The van der Waals surface area contributed by atoms with Crippen molar-refractivity contribution in [3.63, 3.8) is 0 Å². The number of nitrogens with two attached hydrogens (primary N) is 1. The van der Waals surface area contributed by atoms with Gasteiger partial charge in [0.1, 0.15) is 11.2 Å². The fourth-order valence-electron chi connectivity index (χ4n) is 2.27. The first-order valence-electron chi connectivity index (χ1n) is 6.56. The molecule has 8 heteroatoms. The number of nitrogens with one attached hydrogen (secondary N) is 1. The number of rotatable bonds is 4. The first kappa shape index (κ1) is 16.6. The molecule has 0 aromatic heterocycles. The molecule has 0 saturated carbocycles. The van der Waals surface area contributed by atoms with Crippen LogP contribution in [0.15, 0.2) is 22.7 Å². The van der Waals surface area contributed by atoms with Gasteiger partial charge in [0, 0.05) is 39.5 Å². The normalized spacial score (nSPS) is 19.5. The Morgan fingerprint density at radius 2 is 2.29 bits per heavy atom. The average Bonchev–Trinajstić information content (AvgIpc) is 2.46. The molecule has 0 spiro atoms. The monoisotopic (exact) mass is 391 g/mol. The third kappa shape index (κ3) is 3.54. The van der Waals surface area contributed by atoms with E-state index in [2.05, 4.69) is 15.9 Å². The predicted molar refractivity (Wildman–Crippen MR) is 93.1 cm³/mol. The van der Waals surface area contributed by atoms with Gasteiger partial charge in [0.15, 0.2) is 9.84 Å². The number of hydrogen-bond donors (Lipinski definition) is 2. The van der Waals surface area contributed by atoms with Crippen LogP contribution in [0, 0.1) is 5.41 Å². The van der Waals surface area contributed by atoms with E-state index in [4.69, 9.17) is 11.1 Å². The van der Waals surface area contributed by atoms with Crippen LogP contribution in [0.25, 0.3) is 0 Å². The van der Waals surface area contributed by atoms with Crippen LogP contribution < -0.4 is 10.6 Å². The first-order chi connectivity index (χ1) is 9.86. The van der Waals surface area contributed by atoms with Crippen molar-refractivity contribution in [3.8, 4) is 0 Å². The molecule has 0 bridgehead atoms. The summed E-state index contributed by atoms with van der Waals surface area (Å²) in [5.41, 5.74) is 6.95. The summed E-state index contributed by atoms with van der Waals surface area (Å²) in [5, 5.41) is 7.01. The lowest BCUT2D eigenvalue weighted by atomic mass is 10.2. The second kappa shape index (κ2) is 6.58. The Kier molecular flexibility index (Phi) is 5.21. The summed E-state index contributed by atoms with van der Waals surface area (Å²) in [6.45, 7) is 2.38. The van der Waals surface area contributed by atoms with Crippen LogP contribution >= 0.6 is 27.7 Å². The third-order valence-electron chi connectivity index (χ3n) is 3.48. The van der Waals surface area contributed by atoms with E-state index in [1.165, 1.54) is 0 Å². The summed E-state index contributed by atoms with van der Waals surface area (Å²) in [6, 6.07) is 5.42. The van der Waals surface area contributed by atoms with Gasteiger partial charge >= 0.3 is 0 Å². The smallest absolute Gasteiger partial charge is 0.171 e. The number of sulfone groups is 1. The number of thioether (sulfide) groups is 1. The minimum Gasteiger partial charge on any atom is -0.384 e. The minimum absolute atomic E-state index is 0.0136. The Morgan fingerprint density at radius 1 is 1.57 bits per heavy atom. The minimum atomic E-state index is -3.14. The van der Waals surface area contributed by atoms with E-state index in [0.29, 0.717) is 22.3 Å². The molecular formula is C13H18BrN3O2S2. The van der Waals surface area contributed by atoms with Crippen molar-refractivity contribution in [2.45, 2.75) is 12.3 Å². The molecule has 5 nitrogen and oxygen atoms in total. The molecule has 0 radical (unpaired) electrons. The molecule has 1 aliphatic heterocycles. The number of nitrogens with zero attached hydrogens (tertiary/aromatic N) is 1. The molecule has 1 aliphatic rings. The largest absolute Gasteiger partial charge is 0.384 e. The van der Waals surface area contributed by atoms with Gasteiger partial charge in [0.2, 0.25) is 0 Å². The van der Waals surface area contributed by atoms with E-state index >= 15 is 0 Å². The fourth-order valence-corrected chi connectivity index (χ4v) is 5.84. The molecular weight excluding hydrogens is 374 g/mol. The van der Waals surface area contributed by atoms with E-state index in [-0.39, 0.29) is 11.6 Å². The van der Waals surface area contributed by atoms with Gasteiger partial charge in [0.05, 0.1) is 0 Å². The molecule has 116 valence electrons. The summed E-state index contributed by atoms with van der Waals surface area (Å²) in [7, 11) is -3.14. The molecule has 0 amide bonds. The molecule has 2 rings (SSSR count). The summed E-state index contributed by atoms with van der Waals surface area (Å²) in [5.74, 6) is 1.62.